The molecule has 0 saturated carbocycles. The third-order valence-corrected chi connectivity index (χ3v) is 6.82. The number of hydrogen-bond acceptors (Lipinski definition) is 5. The molecular formula is C21H37IN4O3S. The lowest BCUT2D eigenvalue weighted by Crippen LogP contribution is -2.52. The number of nitrogens with zero attached hydrogens (tertiary/aromatic N) is 2. The molecule has 9 heteroatoms. The van der Waals surface area contributed by atoms with Crippen molar-refractivity contribution in [1.29, 1.82) is 0 Å². The van der Waals surface area contributed by atoms with E-state index in [1.807, 2.05) is 30.3 Å². The first-order chi connectivity index (χ1) is 13.9. The van der Waals surface area contributed by atoms with E-state index in [-0.39, 0.29) is 35.5 Å². The molecule has 2 rings (SSSR count). The van der Waals surface area contributed by atoms with Gasteiger partial charge in [0.25, 0.3) is 0 Å². The van der Waals surface area contributed by atoms with Gasteiger partial charge in [0.1, 0.15) is 0 Å². The van der Waals surface area contributed by atoms with Gasteiger partial charge in [0.05, 0.1) is 24.7 Å². The largest absolute Gasteiger partial charge is 0.379 e. The molecule has 1 aromatic rings. The zero-order valence-corrected chi connectivity index (χ0v) is 21.5. The highest BCUT2D eigenvalue weighted by molar-refractivity contribution is 14.0. The van der Waals surface area contributed by atoms with E-state index in [2.05, 4.69) is 34.4 Å². The smallest absolute Gasteiger partial charge is 0.191 e. The third-order valence-electron chi connectivity index (χ3n) is 5.14. The van der Waals surface area contributed by atoms with Crippen molar-refractivity contribution in [3.8, 4) is 0 Å². The van der Waals surface area contributed by atoms with Crippen LogP contribution in [0.1, 0.15) is 25.8 Å². The molecule has 1 atom stereocenters. The number of guanidine groups is 1. The van der Waals surface area contributed by atoms with E-state index in [4.69, 9.17) is 4.74 Å². The highest BCUT2D eigenvalue weighted by Gasteiger charge is 2.23. The molecule has 1 aliphatic rings. The minimum Gasteiger partial charge on any atom is -0.379 e. The average Bonchev–Trinajstić information content (AvgIpc) is 2.70. The van der Waals surface area contributed by atoms with E-state index in [0.717, 1.165) is 38.4 Å². The van der Waals surface area contributed by atoms with Crippen molar-refractivity contribution in [3.05, 3.63) is 35.9 Å². The molecule has 0 aliphatic carbocycles. The first kappa shape index (κ1) is 27.1. The number of hydrogen-bond donors (Lipinski definition) is 2. The molecule has 2 N–H and O–H groups in total. The first-order valence-corrected chi connectivity index (χ1v) is 12.2. The van der Waals surface area contributed by atoms with E-state index >= 15 is 0 Å². The van der Waals surface area contributed by atoms with Crippen LogP contribution in [0.2, 0.25) is 0 Å². The van der Waals surface area contributed by atoms with Crippen LogP contribution in [0.4, 0.5) is 0 Å². The Bertz CT molecular complexity index is 723. The number of halogens is 1. The van der Waals surface area contributed by atoms with Gasteiger partial charge in [-0.1, -0.05) is 44.2 Å². The van der Waals surface area contributed by atoms with Gasteiger partial charge in [-0.25, -0.2) is 8.42 Å². The van der Waals surface area contributed by atoms with E-state index in [1.165, 1.54) is 0 Å². The van der Waals surface area contributed by atoms with Crippen molar-refractivity contribution < 1.29 is 13.2 Å². The summed E-state index contributed by atoms with van der Waals surface area (Å²) in [6.45, 7) is 9.30. The molecule has 1 fully saturated rings. The Hall–Kier alpha value is -0.910. The van der Waals surface area contributed by atoms with E-state index in [0.29, 0.717) is 30.9 Å². The van der Waals surface area contributed by atoms with Crippen molar-refractivity contribution in [2.45, 2.75) is 32.1 Å². The summed E-state index contributed by atoms with van der Waals surface area (Å²) in [6.07, 6.45) is 0.549. The van der Waals surface area contributed by atoms with Crippen LogP contribution >= 0.6 is 24.0 Å². The van der Waals surface area contributed by atoms with E-state index < -0.39 is 9.84 Å². The summed E-state index contributed by atoms with van der Waals surface area (Å²) in [4.78, 5) is 6.73. The lowest BCUT2D eigenvalue weighted by atomic mass is 10.0. The number of rotatable bonds is 10. The van der Waals surface area contributed by atoms with Crippen LogP contribution < -0.4 is 10.6 Å². The normalized spacial score (nSPS) is 16.7. The Morgan fingerprint density at radius 3 is 2.43 bits per heavy atom. The average molecular weight is 553 g/mol. The highest BCUT2D eigenvalue weighted by Crippen LogP contribution is 2.12. The second kappa shape index (κ2) is 14.2. The van der Waals surface area contributed by atoms with Gasteiger partial charge in [-0.3, -0.25) is 9.89 Å². The fourth-order valence-electron chi connectivity index (χ4n) is 3.52. The maximum absolute atomic E-state index is 12.3. The molecule has 0 amide bonds. The number of ether oxygens (including phenoxy) is 1. The van der Waals surface area contributed by atoms with Crippen LogP contribution in [0.15, 0.2) is 35.3 Å². The molecule has 0 bridgehead atoms. The van der Waals surface area contributed by atoms with Gasteiger partial charge in [0, 0.05) is 39.3 Å². The highest BCUT2D eigenvalue weighted by atomic mass is 127. The molecule has 1 aromatic carbocycles. The zero-order chi connectivity index (χ0) is 21.1. The van der Waals surface area contributed by atoms with Gasteiger partial charge in [-0.15, -0.1) is 24.0 Å². The van der Waals surface area contributed by atoms with Gasteiger partial charge < -0.3 is 15.4 Å². The standard InChI is InChI=1S/C21H36N4O3S.HI/c1-18(2)20(25-11-13-28-14-12-25)16-24-21(22-3)23-10-7-15-29(26,27)17-19-8-5-4-6-9-19;/h4-6,8-9,18,20H,7,10-17H2,1-3H3,(H2,22,23,24);1H. The molecule has 7 nitrogen and oxygen atoms in total. The summed E-state index contributed by atoms with van der Waals surface area (Å²) < 4.78 is 30.0. The predicted molar refractivity (Wildman–Crippen MR) is 134 cm³/mol. The number of sulfone groups is 1. The van der Waals surface area contributed by atoms with Crippen LogP contribution in [0.5, 0.6) is 0 Å². The molecule has 1 unspecified atom stereocenters. The van der Waals surface area contributed by atoms with Crippen LogP contribution in [-0.4, -0.2) is 77.5 Å². The number of nitrogens with one attached hydrogen (secondary N) is 2. The summed E-state index contributed by atoms with van der Waals surface area (Å²) in [7, 11) is -1.37. The summed E-state index contributed by atoms with van der Waals surface area (Å²) >= 11 is 0. The molecular weight excluding hydrogens is 515 g/mol. The van der Waals surface area contributed by atoms with Crippen molar-refractivity contribution >= 4 is 39.8 Å². The zero-order valence-electron chi connectivity index (χ0n) is 18.3. The first-order valence-electron chi connectivity index (χ1n) is 10.4. The molecule has 0 aromatic heterocycles. The molecule has 30 heavy (non-hydrogen) atoms. The van der Waals surface area contributed by atoms with Gasteiger partial charge in [0.2, 0.25) is 0 Å². The second-order valence-electron chi connectivity index (χ2n) is 7.77. The predicted octanol–water partition coefficient (Wildman–Crippen LogP) is 2.13. The van der Waals surface area contributed by atoms with Gasteiger partial charge >= 0.3 is 0 Å². The SMILES string of the molecule is CN=C(NCCCS(=O)(=O)Cc1ccccc1)NCC(C(C)C)N1CCOCC1.I. The maximum Gasteiger partial charge on any atom is 0.191 e. The summed E-state index contributed by atoms with van der Waals surface area (Å²) in [5.74, 6) is 1.48. The number of benzene rings is 1. The van der Waals surface area contributed by atoms with Crippen molar-refractivity contribution in [2.75, 3.05) is 52.2 Å². The molecule has 1 aliphatic heterocycles. The van der Waals surface area contributed by atoms with Gasteiger partial charge in [-0.05, 0) is 17.9 Å². The minimum atomic E-state index is -3.11. The molecule has 1 saturated heterocycles. The molecule has 1 heterocycles. The van der Waals surface area contributed by atoms with Crippen LogP contribution in [0.25, 0.3) is 0 Å². The minimum absolute atomic E-state index is 0. The lowest BCUT2D eigenvalue weighted by molar-refractivity contribution is 0.00752. The Kier molecular flexibility index (Phi) is 12.8. The summed E-state index contributed by atoms with van der Waals surface area (Å²) in [5.41, 5.74) is 0.834. The van der Waals surface area contributed by atoms with E-state index in [1.54, 1.807) is 7.05 Å². The van der Waals surface area contributed by atoms with Crippen LogP contribution in [-0.2, 0) is 20.3 Å². The van der Waals surface area contributed by atoms with Crippen molar-refractivity contribution in [1.82, 2.24) is 15.5 Å². The Morgan fingerprint density at radius 2 is 1.83 bits per heavy atom. The molecule has 0 spiro atoms. The Balaban J connectivity index is 0.00000450. The van der Waals surface area contributed by atoms with E-state index in [9.17, 15) is 8.42 Å². The quantitative estimate of drug-likeness (QED) is 0.200. The third kappa shape index (κ3) is 9.93. The molecule has 0 radical (unpaired) electrons. The van der Waals surface area contributed by atoms with Crippen molar-refractivity contribution in [3.63, 3.8) is 0 Å². The number of morpholine rings is 1. The fourth-order valence-corrected chi connectivity index (χ4v) is 4.95. The Labute approximate surface area is 199 Å². The van der Waals surface area contributed by atoms with Crippen LogP contribution in [0, 0.1) is 5.92 Å². The fraction of sp³-hybridized carbons (Fsp3) is 0.667. The Morgan fingerprint density at radius 1 is 1.17 bits per heavy atom. The second-order valence-corrected chi connectivity index (χ2v) is 9.95. The number of aliphatic imine (C=N–C) groups is 1. The summed E-state index contributed by atoms with van der Waals surface area (Å²) in [6, 6.07) is 9.72. The van der Waals surface area contributed by atoms with Crippen LogP contribution in [0.3, 0.4) is 0 Å². The lowest BCUT2D eigenvalue weighted by Gasteiger charge is -2.37. The van der Waals surface area contributed by atoms with Crippen molar-refractivity contribution in [2.24, 2.45) is 10.9 Å². The topological polar surface area (TPSA) is 83.0 Å². The van der Waals surface area contributed by atoms with Gasteiger partial charge in [-0.2, -0.15) is 0 Å². The summed E-state index contributed by atoms with van der Waals surface area (Å²) in [5, 5.41) is 6.63. The maximum atomic E-state index is 12.3. The monoisotopic (exact) mass is 552 g/mol. The van der Waals surface area contributed by atoms with Gasteiger partial charge in [0.15, 0.2) is 15.8 Å². The molecule has 172 valence electrons.